The Morgan fingerprint density at radius 2 is 1.91 bits per heavy atom. The number of phenols is 1. The highest BCUT2D eigenvalue weighted by Gasteiger charge is 2.33. The van der Waals surface area contributed by atoms with E-state index >= 15 is 0 Å². The molecule has 0 saturated carbocycles. The quantitative estimate of drug-likeness (QED) is 0.947. The fraction of sp³-hybridized carbons (Fsp3) is 0.222. The number of aromatic hydroxyl groups is 1. The lowest BCUT2D eigenvalue weighted by molar-refractivity contribution is -0.130. The van der Waals surface area contributed by atoms with E-state index in [9.17, 15) is 9.90 Å². The van der Waals surface area contributed by atoms with Gasteiger partial charge < -0.3 is 9.84 Å². The van der Waals surface area contributed by atoms with Crippen LogP contribution in [0.15, 0.2) is 53.6 Å². The molecule has 1 atom stereocenters. The van der Waals surface area contributed by atoms with Gasteiger partial charge in [-0.3, -0.25) is 4.79 Å². The van der Waals surface area contributed by atoms with Crippen molar-refractivity contribution in [2.24, 2.45) is 5.10 Å². The summed E-state index contributed by atoms with van der Waals surface area (Å²) in [4.78, 5) is 12.0. The molecule has 0 aliphatic carbocycles. The normalized spacial score (nSPS) is 17.0. The summed E-state index contributed by atoms with van der Waals surface area (Å²) in [5.74, 6) is 0.735. The van der Waals surface area contributed by atoms with Crippen LogP contribution in [0.3, 0.4) is 0 Å². The molecule has 3 rings (SSSR count). The van der Waals surface area contributed by atoms with Gasteiger partial charge in [-0.1, -0.05) is 30.3 Å². The summed E-state index contributed by atoms with van der Waals surface area (Å²) in [7, 11) is 1.61. The van der Waals surface area contributed by atoms with Gasteiger partial charge in [0.25, 0.3) is 0 Å². The summed E-state index contributed by atoms with van der Waals surface area (Å²) in [6.07, 6.45) is 0.525. The SMILES string of the molecule is COc1ccccc1C1CC(c2ccccc2O)=NN1C(C)=O. The van der Waals surface area contributed by atoms with E-state index in [1.165, 1.54) is 11.9 Å². The van der Waals surface area contributed by atoms with Crippen LogP contribution in [0.5, 0.6) is 11.5 Å². The molecule has 0 saturated heterocycles. The minimum Gasteiger partial charge on any atom is -0.507 e. The predicted molar refractivity (Wildman–Crippen MR) is 87.5 cm³/mol. The lowest BCUT2D eigenvalue weighted by Gasteiger charge is -2.22. The van der Waals surface area contributed by atoms with E-state index < -0.39 is 0 Å². The Hall–Kier alpha value is -2.82. The second-order valence-electron chi connectivity index (χ2n) is 5.39. The van der Waals surface area contributed by atoms with Gasteiger partial charge in [0.05, 0.1) is 18.9 Å². The molecular weight excluding hydrogens is 292 g/mol. The van der Waals surface area contributed by atoms with Crippen LogP contribution in [0.25, 0.3) is 0 Å². The highest BCUT2D eigenvalue weighted by atomic mass is 16.5. The maximum absolute atomic E-state index is 12.0. The molecule has 0 bridgehead atoms. The van der Waals surface area contributed by atoms with Crippen molar-refractivity contribution in [3.05, 3.63) is 59.7 Å². The molecule has 1 aliphatic rings. The molecule has 0 fully saturated rings. The molecule has 118 valence electrons. The minimum absolute atomic E-state index is 0.147. The van der Waals surface area contributed by atoms with Crippen molar-refractivity contribution in [1.29, 1.82) is 0 Å². The van der Waals surface area contributed by atoms with E-state index in [1.807, 2.05) is 30.3 Å². The van der Waals surface area contributed by atoms with Gasteiger partial charge in [0, 0.05) is 24.5 Å². The second-order valence-corrected chi connectivity index (χ2v) is 5.39. The summed E-state index contributed by atoms with van der Waals surface area (Å²) in [5.41, 5.74) is 2.24. The van der Waals surface area contributed by atoms with Crippen molar-refractivity contribution in [3.63, 3.8) is 0 Å². The fourth-order valence-corrected chi connectivity index (χ4v) is 2.86. The van der Waals surface area contributed by atoms with Crippen molar-refractivity contribution in [2.75, 3.05) is 7.11 Å². The van der Waals surface area contributed by atoms with Gasteiger partial charge in [-0.25, -0.2) is 5.01 Å². The zero-order valence-corrected chi connectivity index (χ0v) is 13.1. The number of rotatable bonds is 3. The number of para-hydroxylation sites is 2. The number of amides is 1. The third kappa shape index (κ3) is 2.77. The Labute approximate surface area is 134 Å². The number of nitrogens with zero attached hydrogens (tertiary/aromatic N) is 2. The molecule has 23 heavy (non-hydrogen) atoms. The van der Waals surface area contributed by atoms with Crippen LogP contribution in [0.2, 0.25) is 0 Å². The summed E-state index contributed by atoms with van der Waals surface area (Å²) >= 11 is 0. The Morgan fingerprint density at radius 1 is 1.22 bits per heavy atom. The zero-order valence-electron chi connectivity index (χ0n) is 13.1. The molecule has 0 spiro atoms. The number of hydrogen-bond acceptors (Lipinski definition) is 4. The number of ether oxygens (including phenoxy) is 1. The first-order valence-corrected chi connectivity index (χ1v) is 7.40. The van der Waals surface area contributed by atoms with Crippen molar-refractivity contribution in [2.45, 2.75) is 19.4 Å². The molecule has 1 unspecified atom stereocenters. The minimum atomic E-state index is -0.238. The first-order valence-electron chi connectivity index (χ1n) is 7.40. The number of carbonyl (C=O) groups excluding carboxylic acids is 1. The van der Waals surface area contributed by atoms with Gasteiger partial charge in [-0.15, -0.1) is 0 Å². The zero-order chi connectivity index (χ0) is 16.4. The number of hydrogen-bond donors (Lipinski definition) is 1. The first-order chi connectivity index (χ1) is 11.1. The van der Waals surface area contributed by atoms with E-state index in [1.54, 1.807) is 25.3 Å². The van der Waals surface area contributed by atoms with Crippen molar-refractivity contribution >= 4 is 11.6 Å². The summed E-state index contributed by atoms with van der Waals surface area (Å²) in [6, 6.07) is 14.4. The molecular formula is C18H18N2O3. The predicted octanol–water partition coefficient (Wildman–Crippen LogP) is 3.10. The summed E-state index contributed by atoms with van der Waals surface area (Å²) in [6.45, 7) is 1.49. The van der Waals surface area contributed by atoms with Gasteiger partial charge in [-0.2, -0.15) is 5.10 Å². The smallest absolute Gasteiger partial charge is 0.240 e. The van der Waals surface area contributed by atoms with Crippen LogP contribution < -0.4 is 4.74 Å². The van der Waals surface area contributed by atoms with Crippen LogP contribution in [0.1, 0.15) is 30.5 Å². The highest BCUT2D eigenvalue weighted by Crippen LogP contribution is 2.38. The van der Waals surface area contributed by atoms with E-state index in [2.05, 4.69) is 5.10 Å². The number of benzene rings is 2. The van der Waals surface area contributed by atoms with Gasteiger partial charge in [0.2, 0.25) is 5.91 Å². The van der Waals surface area contributed by atoms with Gasteiger partial charge in [0.15, 0.2) is 0 Å². The van der Waals surface area contributed by atoms with Gasteiger partial charge in [0.1, 0.15) is 11.5 Å². The maximum atomic E-state index is 12.0. The Kier molecular flexibility index (Phi) is 4.02. The number of carbonyl (C=O) groups is 1. The summed E-state index contributed by atoms with van der Waals surface area (Å²) in [5, 5.41) is 15.9. The highest BCUT2D eigenvalue weighted by molar-refractivity contribution is 6.05. The van der Waals surface area contributed by atoms with E-state index in [0.717, 1.165) is 11.3 Å². The molecule has 1 aliphatic heterocycles. The molecule has 1 heterocycles. The van der Waals surface area contributed by atoms with Crippen molar-refractivity contribution < 1.29 is 14.6 Å². The Balaban J connectivity index is 2.01. The van der Waals surface area contributed by atoms with E-state index in [4.69, 9.17) is 4.74 Å². The Morgan fingerprint density at radius 3 is 2.61 bits per heavy atom. The monoisotopic (exact) mass is 310 g/mol. The molecule has 0 radical (unpaired) electrons. The largest absolute Gasteiger partial charge is 0.507 e. The van der Waals surface area contributed by atoms with Crippen LogP contribution in [-0.2, 0) is 4.79 Å². The third-order valence-electron chi connectivity index (χ3n) is 3.95. The molecule has 1 N–H and O–H groups in total. The van der Waals surface area contributed by atoms with Crippen molar-refractivity contribution in [3.8, 4) is 11.5 Å². The molecule has 2 aromatic rings. The average Bonchev–Trinajstić information content (AvgIpc) is 3.00. The molecule has 2 aromatic carbocycles. The average molecular weight is 310 g/mol. The molecule has 5 heteroatoms. The fourth-order valence-electron chi connectivity index (χ4n) is 2.86. The summed E-state index contributed by atoms with van der Waals surface area (Å²) < 4.78 is 5.41. The molecule has 0 aromatic heterocycles. The third-order valence-corrected chi connectivity index (χ3v) is 3.95. The lowest BCUT2D eigenvalue weighted by Crippen LogP contribution is -2.24. The first kappa shape index (κ1) is 15.1. The lowest BCUT2D eigenvalue weighted by atomic mass is 9.97. The van der Waals surface area contributed by atoms with Crippen LogP contribution in [0, 0.1) is 0 Å². The van der Waals surface area contributed by atoms with Crippen LogP contribution >= 0.6 is 0 Å². The second kappa shape index (κ2) is 6.12. The molecule has 1 amide bonds. The van der Waals surface area contributed by atoms with E-state index in [-0.39, 0.29) is 17.7 Å². The Bertz CT molecular complexity index is 770. The van der Waals surface area contributed by atoms with Gasteiger partial charge in [-0.05, 0) is 18.2 Å². The number of phenolic OH excluding ortho intramolecular Hbond substituents is 1. The van der Waals surface area contributed by atoms with E-state index in [0.29, 0.717) is 17.7 Å². The van der Waals surface area contributed by atoms with Crippen molar-refractivity contribution in [1.82, 2.24) is 5.01 Å². The molecule has 5 nitrogen and oxygen atoms in total. The topological polar surface area (TPSA) is 62.1 Å². The van der Waals surface area contributed by atoms with Crippen LogP contribution in [-0.4, -0.2) is 28.8 Å². The number of hydrazone groups is 1. The van der Waals surface area contributed by atoms with Gasteiger partial charge >= 0.3 is 0 Å². The maximum Gasteiger partial charge on any atom is 0.240 e. The standard InChI is InChI=1S/C18H18N2O3/c1-12(21)20-16(14-8-4-6-10-18(14)23-2)11-15(19-20)13-7-3-5-9-17(13)22/h3-10,16,22H,11H2,1-2H3. The number of methoxy groups -OCH3 is 1. The van der Waals surface area contributed by atoms with Crippen LogP contribution in [0.4, 0.5) is 0 Å².